The molecule has 3 heteroatoms. The van der Waals surface area contributed by atoms with Gasteiger partial charge in [-0.05, 0) is 42.4 Å². The summed E-state index contributed by atoms with van der Waals surface area (Å²) in [5.41, 5.74) is 1.56. The molecule has 1 saturated carbocycles. The van der Waals surface area contributed by atoms with Crippen LogP contribution in [0, 0.1) is 11.3 Å². The van der Waals surface area contributed by atoms with Crippen molar-refractivity contribution in [3.8, 4) is 11.5 Å². The van der Waals surface area contributed by atoms with Gasteiger partial charge in [-0.2, -0.15) is 0 Å². The van der Waals surface area contributed by atoms with E-state index in [2.05, 4.69) is 35.8 Å². The monoisotopic (exact) mass is 340 g/mol. The van der Waals surface area contributed by atoms with Gasteiger partial charge >= 0.3 is 0 Å². The first-order valence-corrected chi connectivity index (χ1v) is 8.27. The molecule has 1 aromatic rings. The number of methoxy groups -OCH3 is 2. The minimum Gasteiger partial charge on any atom is -0.497 e. The standard InChI is InChI=1S/C17H25BrO2/c1-17(2)10-6-5-7-14(17)16(18)13-11-12(19-3)8-9-15(13)20-4/h8-9,11,14,16H,5-7,10H2,1-4H3. The van der Waals surface area contributed by atoms with Gasteiger partial charge in [0.05, 0.1) is 14.2 Å². The fraction of sp³-hybridized carbons (Fsp3) is 0.647. The molecule has 0 saturated heterocycles. The summed E-state index contributed by atoms with van der Waals surface area (Å²) in [5, 5.41) is 0. The van der Waals surface area contributed by atoms with E-state index in [0.29, 0.717) is 16.2 Å². The summed E-state index contributed by atoms with van der Waals surface area (Å²) >= 11 is 3.94. The molecule has 1 aromatic carbocycles. The molecular formula is C17H25BrO2. The minimum atomic E-state index is 0.308. The topological polar surface area (TPSA) is 18.5 Å². The molecule has 1 aliphatic rings. The van der Waals surface area contributed by atoms with Crippen LogP contribution >= 0.6 is 15.9 Å². The summed E-state index contributed by atoms with van der Waals surface area (Å²) in [7, 11) is 3.44. The normalized spacial score (nSPS) is 23.1. The van der Waals surface area contributed by atoms with Crippen molar-refractivity contribution in [2.45, 2.75) is 44.4 Å². The molecule has 2 unspecified atom stereocenters. The molecule has 0 amide bonds. The average molecular weight is 341 g/mol. The van der Waals surface area contributed by atoms with Crippen LogP contribution in [0.5, 0.6) is 11.5 Å². The second-order valence-corrected chi connectivity index (χ2v) is 7.34. The van der Waals surface area contributed by atoms with Crippen molar-refractivity contribution in [2.24, 2.45) is 11.3 Å². The highest BCUT2D eigenvalue weighted by atomic mass is 79.9. The molecule has 1 aliphatic carbocycles. The Balaban J connectivity index is 2.33. The van der Waals surface area contributed by atoms with E-state index in [0.717, 1.165) is 11.5 Å². The predicted molar refractivity (Wildman–Crippen MR) is 87.0 cm³/mol. The van der Waals surface area contributed by atoms with Crippen molar-refractivity contribution in [3.63, 3.8) is 0 Å². The summed E-state index contributed by atoms with van der Waals surface area (Å²) in [6.07, 6.45) is 5.23. The predicted octanol–water partition coefficient (Wildman–Crippen LogP) is 5.36. The molecule has 1 fully saturated rings. The van der Waals surface area contributed by atoms with Gasteiger partial charge in [0.15, 0.2) is 0 Å². The van der Waals surface area contributed by atoms with Crippen molar-refractivity contribution in [2.75, 3.05) is 14.2 Å². The second kappa shape index (κ2) is 6.38. The number of halogens is 1. The van der Waals surface area contributed by atoms with Crippen molar-refractivity contribution in [1.82, 2.24) is 0 Å². The fourth-order valence-electron chi connectivity index (χ4n) is 3.34. The molecule has 0 heterocycles. The third-order valence-corrected chi connectivity index (χ3v) is 5.81. The number of alkyl halides is 1. The number of rotatable bonds is 4. The third-order valence-electron chi connectivity index (χ3n) is 4.68. The zero-order chi connectivity index (χ0) is 14.8. The van der Waals surface area contributed by atoms with Crippen LogP contribution in [0.4, 0.5) is 0 Å². The third kappa shape index (κ3) is 3.13. The largest absolute Gasteiger partial charge is 0.497 e. The zero-order valence-electron chi connectivity index (χ0n) is 12.9. The first-order valence-electron chi connectivity index (χ1n) is 7.35. The van der Waals surface area contributed by atoms with Gasteiger partial charge in [-0.25, -0.2) is 0 Å². The maximum Gasteiger partial charge on any atom is 0.123 e. The van der Waals surface area contributed by atoms with Gasteiger partial charge < -0.3 is 9.47 Å². The van der Waals surface area contributed by atoms with Crippen LogP contribution in [0.3, 0.4) is 0 Å². The minimum absolute atomic E-state index is 0.308. The number of hydrogen-bond donors (Lipinski definition) is 0. The average Bonchev–Trinajstić information content (AvgIpc) is 2.45. The maximum atomic E-state index is 5.54. The highest BCUT2D eigenvalue weighted by molar-refractivity contribution is 9.09. The Morgan fingerprint density at radius 3 is 2.55 bits per heavy atom. The Hall–Kier alpha value is -0.700. The van der Waals surface area contributed by atoms with Gasteiger partial charge in [0.2, 0.25) is 0 Å². The summed E-state index contributed by atoms with van der Waals surface area (Å²) in [4.78, 5) is 0.308. The number of benzene rings is 1. The summed E-state index contributed by atoms with van der Waals surface area (Å²) in [6.45, 7) is 4.77. The number of hydrogen-bond acceptors (Lipinski definition) is 2. The Morgan fingerprint density at radius 1 is 1.20 bits per heavy atom. The van der Waals surface area contributed by atoms with Crippen molar-refractivity contribution in [1.29, 1.82) is 0 Å². The lowest BCUT2D eigenvalue weighted by Crippen LogP contribution is -2.30. The lowest BCUT2D eigenvalue weighted by molar-refractivity contribution is 0.136. The Bertz CT molecular complexity index is 456. The van der Waals surface area contributed by atoms with E-state index >= 15 is 0 Å². The van der Waals surface area contributed by atoms with E-state index in [1.165, 1.54) is 31.2 Å². The van der Waals surface area contributed by atoms with E-state index in [9.17, 15) is 0 Å². The first kappa shape index (κ1) is 15.7. The smallest absolute Gasteiger partial charge is 0.123 e. The zero-order valence-corrected chi connectivity index (χ0v) is 14.5. The summed E-state index contributed by atoms with van der Waals surface area (Å²) in [5.74, 6) is 2.45. The highest BCUT2D eigenvalue weighted by Crippen LogP contribution is 2.52. The van der Waals surface area contributed by atoms with Crippen LogP contribution < -0.4 is 9.47 Å². The SMILES string of the molecule is COc1ccc(OC)c(C(Br)C2CCCCC2(C)C)c1. The van der Waals surface area contributed by atoms with Gasteiger partial charge in [0.25, 0.3) is 0 Å². The molecule has 112 valence electrons. The van der Waals surface area contributed by atoms with Crippen molar-refractivity contribution in [3.05, 3.63) is 23.8 Å². The molecule has 0 aromatic heterocycles. The van der Waals surface area contributed by atoms with Crippen LogP contribution in [0.15, 0.2) is 18.2 Å². The quantitative estimate of drug-likeness (QED) is 0.687. The van der Waals surface area contributed by atoms with Gasteiger partial charge in [-0.1, -0.05) is 42.6 Å². The first-order chi connectivity index (χ1) is 9.49. The van der Waals surface area contributed by atoms with E-state index < -0.39 is 0 Å². The van der Waals surface area contributed by atoms with Crippen LogP contribution in [-0.2, 0) is 0 Å². The molecule has 0 aliphatic heterocycles. The van der Waals surface area contributed by atoms with Gasteiger partial charge in [0, 0.05) is 10.4 Å². The highest BCUT2D eigenvalue weighted by Gasteiger charge is 2.38. The Labute approximate surface area is 131 Å². The molecule has 2 atom stereocenters. The van der Waals surface area contributed by atoms with Crippen molar-refractivity contribution >= 4 is 15.9 Å². The van der Waals surface area contributed by atoms with Gasteiger partial charge in [0.1, 0.15) is 11.5 Å². The van der Waals surface area contributed by atoms with E-state index in [-0.39, 0.29) is 0 Å². The fourth-order valence-corrected chi connectivity index (χ4v) is 4.67. The van der Waals surface area contributed by atoms with E-state index in [1.807, 2.05) is 12.1 Å². The van der Waals surface area contributed by atoms with Crippen LogP contribution in [0.1, 0.15) is 49.9 Å². The Morgan fingerprint density at radius 2 is 1.95 bits per heavy atom. The Kier molecular flexibility index (Phi) is 5.00. The number of ether oxygens (including phenoxy) is 2. The molecule has 0 bridgehead atoms. The molecule has 20 heavy (non-hydrogen) atoms. The van der Waals surface area contributed by atoms with E-state index in [4.69, 9.17) is 9.47 Å². The van der Waals surface area contributed by atoms with Crippen LogP contribution in [0.2, 0.25) is 0 Å². The molecular weight excluding hydrogens is 316 g/mol. The van der Waals surface area contributed by atoms with Crippen molar-refractivity contribution < 1.29 is 9.47 Å². The molecule has 0 N–H and O–H groups in total. The molecule has 2 rings (SSSR count). The van der Waals surface area contributed by atoms with Gasteiger partial charge in [-0.15, -0.1) is 0 Å². The van der Waals surface area contributed by atoms with Crippen LogP contribution in [-0.4, -0.2) is 14.2 Å². The summed E-state index contributed by atoms with van der Waals surface area (Å²) in [6, 6.07) is 6.05. The van der Waals surface area contributed by atoms with E-state index in [1.54, 1.807) is 14.2 Å². The second-order valence-electron chi connectivity index (χ2n) is 6.35. The molecule has 0 radical (unpaired) electrons. The lowest BCUT2D eigenvalue weighted by atomic mass is 9.66. The lowest BCUT2D eigenvalue weighted by Gasteiger charge is -2.41. The molecule has 2 nitrogen and oxygen atoms in total. The van der Waals surface area contributed by atoms with Crippen LogP contribution in [0.25, 0.3) is 0 Å². The molecule has 0 spiro atoms. The summed E-state index contributed by atoms with van der Waals surface area (Å²) < 4.78 is 10.9. The maximum absolute atomic E-state index is 5.54. The van der Waals surface area contributed by atoms with Gasteiger partial charge in [-0.3, -0.25) is 0 Å².